The Morgan fingerprint density at radius 2 is 2.17 bits per heavy atom. The molecule has 5 nitrogen and oxygen atoms in total. The van der Waals surface area contributed by atoms with Crippen LogP contribution >= 0.6 is 27.3 Å². The molecular formula is C16H17BrN2O3S2. The van der Waals surface area contributed by atoms with Crippen molar-refractivity contribution in [2.45, 2.75) is 29.6 Å². The fourth-order valence-electron chi connectivity index (χ4n) is 2.77. The van der Waals surface area contributed by atoms with Crippen LogP contribution in [0.25, 0.3) is 0 Å². The zero-order chi connectivity index (χ0) is 17.2. The number of hydrogen-bond donors (Lipinski definition) is 1. The summed E-state index contributed by atoms with van der Waals surface area (Å²) >= 11 is 4.57. The normalized spacial score (nSPS) is 18.6. The van der Waals surface area contributed by atoms with Crippen molar-refractivity contribution in [2.75, 3.05) is 6.54 Å². The van der Waals surface area contributed by atoms with E-state index in [1.54, 1.807) is 17.5 Å². The number of benzene rings is 1. The van der Waals surface area contributed by atoms with Gasteiger partial charge in [0.25, 0.3) is 10.0 Å². The molecular weight excluding hydrogens is 412 g/mol. The molecule has 3 rings (SSSR count). The van der Waals surface area contributed by atoms with E-state index in [0.717, 1.165) is 10.0 Å². The van der Waals surface area contributed by atoms with Crippen molar-refractivity contribution < 1.29 is 13.2 Å². The minimum absolute atomic E-state index is 0.243. The van der Waals surface area contributed by atoms with Crippen LogP contribution in [0.4, 0.5) is 0 Å². The lowest BCUT2D eigenvalue weighted by molar-refractivity contribution is -0.124. The summed E-state index contributed by atoms with van der Waals surface area (Å²) in [7, 11) is -3.60. The molecule has 2 aromatic rings. The van der Waals surface area contributed by atoms with E-state index < -0.39 is 16.1 Å². The van der Waals surface area contributed by atoms with Gasteiger partial charge in [-0.3, -0.25) is 4.79 Å². The van der Waals surface area contributed by atoms with Gasteiger partial charge < -0.3 is 5.32 Å². The summed E-state index contributed by atoms with van der Waals surface area (Å²) in [6, 6.07) is 10.3. The molecule has 24 heavy (non-hydrogen) atoms. The highest BCUT2D eigenvalue weighted by Crippen LogP contribution is 2.28. The molecule has 128 valence electrons. The number of rotatable bonds is 5. The Balaban J connectivity index is 1.70. The molecule has 8 heteroatoms. The number of hydrogen-bond acceptors (Lipinski definition) is 4. The zero-order valence-electron chi connectivity index (χ0n) is 12.8. The van der Waals surface area contributed by atoms with Crippen LogP contribution in [0.3, 0.4) is 0 Å². The second kappa shape index (κ2) is 7.35. The Kier molecular flexibility index (Phi) is 5.39. The Morgan fingerprint density at radius 1 is 1.33 bits per heavy atom. The van der Waals surface area contributed by atoms with Gasteiger partial charge >= 0.3 is 0 Å². The fraction of sp³-hybridized carbons (Fsp3) is 0.312. The molecule has 0 bridgehead atoms. The van der Waals surface area contributed by atoms with E-state index in [4.69, 9.17) is 0 Å². The number of nitrogens with zero attached hydrogens (tertiary/aromatic N) is 1. The smallest absolute Gasteiger partial charge is 0.253 e. The molecule has 1 aromatic carbocycles. The van der Waals surface area contributed by atoms with Crippen molar-refractivity contribution in [1.82, 2.24) is 9.62 Å². The van der Waals surface area contributed by atoms with Gasteiger partial charge in [0.2, 0.25) is 5.91 Å². The van der Waals surface area contributed by atoms with E-state index in [2.05, 4.69) is 21.2 Å². The van der Waals surface area contributed by atoms with Crippen molar-refractivity contribution >= 4 is 43.2 Å². The average molecular weight is 429 g/mol. The largest absolute Gasteiger partial charge is 0.351 e. The first-order valence-corrected chi connectivity index (χ1v) is 10.7. The second-order valence-corrected chi connectivity index (χ2v) is 9.53. The first-order valence-electron chi connectivity index (χ1n) is 7.56. The van der Waals surface area contributed by atoms with Gasteiger partial charge in [-0.15, -0.1) is 11.3 Å². The zero-order valence-corrected chi connectivity index (χ0v) is 16.0. The number of halogens is 1. The Bertz CT molecular complexity index is 822. The highest BCUT2D eigenvalue weighted by atomic mass is 79.9. The van der Waals surface area contributed by atoms with Gasteiger partial charge in [-0.05, 0) is 42.0 Å². The molecule has 1 amide bonds. The van der Waals surface area contributed by atoms with Crippen LogP contribution in [-0.2, 0) is 21.4 Å². The Hall–Kier alpha value is -1.22. The molecule has 1 atom stereocenters. The van der Waals surface area contributed by atoms with Crippen molar-refractivity contribution in [3.05, 3.63) is 51.8 Å². The molecule has 0 radical (unpaired) electrons. The quantitative estimate of drug-likeness (QED) is 0.795. The van der Waals surface area contributed by atoms with Crippen molar-refractivity contribution in [3.8, 4) is 0 Å². The first kappa shape index (κ1) is 17.6. The lowest BCUT2D eigenvalue weighted by Crippen LogP contribution is -2.45. The average Bonchev–Trinajstić information content (AvgIpc) is 3.24. The van der Waals surface area contributed by atoms with E-state index >= 15 is 0 Å². The number of carbonyl (C=O) groups excluding carboxylic acids is 1. The number of nitrogens with one attached hydrogen (secondary N) is 1. The van der Waals surface area contributed by atoms with E-state index in [1.165, 1.54) is 15.6 Å². The Labute approximate surface area is 153 Å². The number of amides is 1. The summed E-state index contributed by atoms with van der Waals surface area (Å²) in [5.74, 6) is -0.243. The van der Waals surface area contributed by atoms with Crippen LogP contribution in [0.15, 0.2) is 50.5 Å². The maximum absolute atomic E-state index is 12.7. The second-order valence-electron chi connectivity index (χ2n) is 5.55. The van der Waals surface area contributed by atoms with Gasteiger partial charge in [-0.1, -0.05) is 34.1 Å². The van der Waals surface area contributed by atoms with Crippen LogP contribution in [-0.4, -0.2) is 31.2 Å². The third kappa shape index (κ3) is 3.72. The molecule has 2 heterocycles. The van der Waals surface area contributed by atoms with Crippen molar-refractivity contribution in [3.63, 3.8) is 0 Å². The summed E-state index contributed by atoms with van der Waals surface area (Å²) in [6.07, 6.45) is 1.24. The van der Waals surface area contributed by atoms with E-state index in [9.17, 15) is 13.2 Å². The Morgan fingerprint density at radius 3 is 2.88 bits per heavy atom. The molecule has 1 saturated heterocycles. The van der Waals surface area contributed by atoms with Crippen molar-refractivity contribution in [2.24, 2.45) is 0 Å². The van der Waals surface area contributed by atoms with Crippen LogP contribution in [0, 0.1) is 0 Å². The molecule has 1 fully saturated rings. The van der Waals surface area contributed by atoms with Gasteiger partial charge in [-0.2, -0.15) is 4.31 Å². The van der Waals surface area contributed by atoms with Gasteiger partial charge in [-0.25, -0.2) is 8.42 Å². The first-order chi connectivity index (χ1) is 11.5. The van der Waals surface area contributed by atoms with Crippen LogP contribution in [0.2, 0.25) is 0 Å². The minimum Gasteiger partial charge on any atom is -0.351 e. The third-order valence-electron chi connectivity index (χ3n) is 3.92. The molecule has 1 unspecified atom stereocenters. The number of thiophene rings is 1. The summed E-state index contributed by atoms with van der Waals surface area (Å²) in [4.78, 5) is 12.5. The predicted molar refractivity (Wildman–Crippen MR) is 97.2 cm³/mol. The number of carbonyl (C=O) groups is 1. The molecule has 0 aliphatic carbocycles. The molecule has 1 aromatic heterocycles. The van der Waals surface area contributed by atoms with Crippen LogP contribution < -0.4 is 5.32 Å². The van der Waals surface area contributed by atoms with Crippen LogP contribution in [0.5, 0.6) is 0 Å². The molecule has 0 spiro atoms. The highest BCUT2D eigenvalue weighted by Gasteiger charge is 2.39. The molecule has 1 aliphatic heterocycles. The van der Waals surface area contributed by atoms with Gasteiger partial charge in [0, 0.05) is 17.6 Å². The van der Waals surface area contributed by atoms with Crippen LogP contribution in [0.1, 0.15) is 18.4 Å². The van der Waals surface area contributed by atoms with E-state index in [0.29, 0.717) is 25.9 Å². The molecule has 1 aliphatic rings. The van der Waals surface area contributed by atoms with Gasteiger partial charge in [0.1, 0.15) is 10.3 Å². The molecule has 1 N–H and O–H groups in total. The number of sulfonamides is 1. The predicted octanol–water partition coefficient (Wildman–Crippen LogP) is 2.98. The summed E-state index contributed by atoms with van der Waals surface area (Å²) in [5.41, 5.74) is 0.961. The summed E-state index contributed by atoms with van der Waals surface area (Å²) in [6.45, 7) is 0.761. The topological polar surface area (TPSA) is 66.5 Å². The fourth-order valence-corrected chi connectivity index (χ4v) is 5.99. The third-order valence-corrected chi connectivity index (χ3v) is 7.69. The maximum atomic E-state index is 12.7. The van der Waals surface area contributed by atoms with E-state index in [-0.39, 0.29) is 10.1 Å². The minimum atomic E-state index is -3.60. The lowest BCUT2D eigenvalue weighted by atomic mass is 10.2. The van der Waals surface area contributed by atoms with E-state index in [1.807, 2.05) is 24.3 Å². The summed E-state index contributed by atoms with van der Waals surface area (Å²) < 4.78 is 27.9. The van der Waals surface area contributed by atoms with Crippen molar-refractivity contribution in [1.29, 1.82) is 0 Å². The van der Waals surface area contributed by atoms with Gasteiger partial charge in [0.05, 0.1) is 0 Å². The lowest BCUT2D eigenvalue weighted by Gasteiger charge is -2.22. The highest BCUT2D eigenvalue weighted by molar-refractivity contribution is 9.10. The monoisotopic (exact) mass is 428 g/mol. The standard InChI is InChI=1S/C16H17BrN2O3S2/c17-13-5-1-4-12(10-13)11-18-16(20)14-6-2-8-19(14)24(21,22)15-7-3-9-23-15/h1,3-5,7,9-10,14H,2,6,8,11H2,(H,18,20). The van der Waals surface area contributed by atoms with Gasteiger partial charge in [0.15, 0.2) is 0 Å². The summed E-state index contributed by atoms with van der Waals surface area (Å²) in [5, 5.41) is 4.58. The SMILES string of the molecule is O=C(NCc1cccc(Br)c1)C1CCCN1S(=O)(=O)c1cccs1. The molecule has 0 saturated carbocycles. The maximum Gasteiger partial charge on any atom is 0.253 e.